The van der Waals surface area contributed by atoms with Gasteiger partial charge in [0, 0.05) is 12.6 Å². The Hall–Kier alpha value is -0.730. The number of hydrogen-bond donors (Lipinski definition) is 0. The maximum atomic E-state index is 12.1. The van der Waals surface area contributed by atoms with Gasteiger partial charge in [-0.25, -0.2) is 4.79 Å². The zero-order valence-corrected chi connectivity index (χ0v) is 12.8. The molecule has 1 amide bonds. The molecule has 0 saturated carbocycles. The fraction of sp³-hybridized carbons (Fsp3) is 0.933. The van der Waals surface area contributed by atoms with Gasteiger partial charge in [0.2, 0.25) is 0 Å². The normalized spacial score (nSPS) is 25.4. The second-order valence-corrected chi connectivity index (χ2v) is 7.04. The maximum absolute atomic E-state index is 12.1. The zero-order chi connectivity index (χ0) is 13.9. The maximum Gasteiger partial charge on any atom is 0.410 e. The predicted molar refractivity (Wildman–Crippen MR) is 74.6 cm³/mol. The van der Waals surface area contributed by atoms with Gasteiger partial charge >= 0.3 is 6.09 Å². The largest absolute Gasteiger partial charge is 0.444 e. The molecule has 1 rings (SSSR count). The van der Waals surface area contributed by atoms with Crippen LogP contribution in [0.1, 0.15) is 60.8 Å². The molecule has 2 unspecified atom stereocenters. The molecule has 0 aromatic rings. The van der Waals surface area contributed by atoms with Crippen molar-refractivity contribution in [2.45, 2.75) is 72.4 Å². The fourth-order valence-electron chi connectivity index (χ4n) is 2.74. The topological polar surface area (TPSA) is 29.5 Å². The molecule has 0 radical (unpaired) electrons. The lowest BCUT2D eigenvalue weighted by Gasteiger charge is -2.38. The third-order valence-corrected chi connectivity index (χ3v) is 3.42. The van der Waals surface area contributed by atoms with E-state index in [-0.39, 0.29) is 6.09 Å². The molecule has 18 heavy (non-hydrogen) atoms. The van der Waals surface area contributed by atoms with Crippen LogP contribution in [0.15, 0.2) is 0 Å². The van der Waals surface area contributed by atoms with Crippen LogP contribution in [0.25, 0.3) is 0 Å². The highest BCUT2D eigenvalue weighted by atomic mass is 16.6. The van der Waals surface area contributed by atoms with Gasteiger partial charge in [-0.1, -0.05) is 13.8 Å². The number of hydrogen-bond acceptors (Lipinski definition) is 2. The van der Waals surface area contributed by atoms with Crippen molar-refractivity contribution < 1.29 is 9.53 Å². The Kier molecular flexibility index (Phi) is 5.06. The van der Waals surface area contributed by atoms with Gasteiger partial charge in [0.25, 0.3) is 0 Å². The first-order valence-electron chi connectivity index (χ1n) is 7.18. The summed E-state index contributed by atoms with van der Waals surface area (Å²) in [6, 6.07) is 0.303. The van der Waals surface area contributed by atoms with Gasteiger partial charge < -0.3 is 9.64 Å². The van der Waals surface area contributed by atoms with Gasteiger partial charge in [-0.2, -0.15) is 0 Å². The minimum atomic E-state index is -0.397. The lowest BCUT2D eigenvalue weighted by Crippen LogP contribution is -2.46. The molecule has 0 bridgehead atoms. The van der Waals surface area contributed by atoms with Crippen LogP contribution in [-0.2, 0) is 4.74 Å². The van der Waals surface area contributed by atoms with Crippen LogP contribution in [0.2, 0.25) is 0 Å². The van der Waals surface area contributed by atoms with Gasteiger partial charge in [0.15, 0.2) is 0 Å². The smallest absolute Gasteiger partial charge is 0.410 e. The molecule has 1 heterocycles. The molecule has 3 heteroatoms. The van der Waals surface area contributed by atoms with Crippen molar-refractivity contribution in [1.29, 1.82) is 0 Å². The molecule has 1 saturated heterocycles. The molecule has 0 spiro atoms. The number of rotatable bonds is 2. The average molecular weight is 255 g/mol. The van der Waals surface area contributed by atoms with Crippen LogP contribution in [0.3, 0.4) is 0 Å². The van der Waals surface area contributed by atoms with Crippen LogP contribution in [0.4, 0.5) is 4.79 Å². The summed E-state index contributed by atoms with van der Waals surface area (Å²) in [4.78, 5) is 13.9. The van der Waals surface area contributed by atoms with Crippen LogP contribution < -0.4 is 0 Å². The Morgan fingerprint density at radius 2 is 2.00 bits per heavy atom. The second-order valence-electron chi connectivity index (χ2n) is 7.04. The van der Waals surface area contributed by atoms with Crippen molar-refractivity contribution >= 4 is 6.09 Å². The molecule has 0 aromatic carbocycles. The van der Waals surface area contributed by atoms with Crippen LogP contribution in [-0.4, -0.2) is 29.2 Å². The van der Waals surface area contributed by atoms with E-state index in [4.69, 9.17) is 4.74 Å². The Balaban J connectivity index is 2.49. The monoisotopic (exact) mass is 255 g/mol. The summed E-state index contributed by atoms with van der Waals surface area (Å²) < 4.78 is 5.45. The SMILES string of the molecule is CC(C)CC1CCN(C(=O)OC(C)(C)C)C(C)C1. The van der Waals surface area contributed by atoms with Crippen molar-refractivity contribution in [3.05, 3.63) is 0 Å². The summed E-state index contributed by atoms with van der Waals surface area (Å²) in [5, 5.41) is 0. The van der Waals surface area contributed by atoms with Gasteiger partial charge in [-0.3, -0.25) is 0 Å². The summed E-state index contributed by atoms with van der Waals surface area (Å²) in [6.07, 6.45) is 3.34. The average Bonchev–Trinajstić information content (AvgIpc) is 2.13. The van der Waals surface area contributed by atoms with Crippen LogP contribution >= 0.6 is 0 Å². The summed E-state index contributed by atoms with van der Waals surface area (Å²) in [7, 11) is 0. The van der Waals surface area contributed by atoms with Gasteiger partial charge in [0.05, 0.1) is 0 Å². The number of piperidine rings is 1. The Labute approximate surface area is 112 Å². The highest BCUT2D eigenvalue weighted by molar-refractivity contribution is 5.68. The summed E-state index contributed by atoms with van der Waals surface area (Å²) in [5.41, 5.74) is -0.397. The number of carbonyl (C=O) groups excluding carboxylic acids is 1. The number of amides is 1. The third kappa shape index (κ3) is 4.87. The molecule has 106 valence electrons. The first kappa shape index (κ1) is 15.3. The summed E-state index contributed by atoms with van der Waals surface area (Å²) >= 11 is 0. The van der Waals surface area contributed by atoms with E-state index in [1.54, 1.807) is 0 Å². The van der Waals surface area contributed by atoms with Gasteiger partial charge in [-0.15, -0.1) is 0 Å². The Morgan fingerprint density at radius 3 is 2.44 bits per heavy atom. The highest BCUT2D eigenvalue weighted by Crippen LogP contribution is 2.28. The van der Waals surface area contributed by atoms with Crippen molar-refractivity contribution in [2.24, 2.45) is 11.8 Å². The fourth-order valence-corrected chi connectivity index (χ4v) is 2.74. The van der Waals surface area contributed by atoms with Crippen molar-refractivity contribution in [3.63, 3.8) is 0 Å². The molecule has 2 atom stereocenters. The van der Waals surface area contributed by atoms with E-state index in [2.05, 4.69) is 20.8 Å². The quantitative estimate of drug-likeness (QED) is 0.744. The minimum absolute atomic E-state index is 0.155. The molecule has 3 nitrogen and oxygen atoms in total. The van der Waals surface area contributed by atoms with E-state index < -0.39 is 5.60 Å². The summed E-state index contributed by atoms with van der Waals surface area (Å²) in [6.45, 7) is 13.3. The van der Waals surface area contributed by atoms with Crippen molar-refractivity contribution in [3.8, 4) is 0 Å². The molecular formula is C15H29NO2. The third-order valence-electron chi connectivity index (χ3n) is 3.42. The van der Waals surface area contributed by atoms with E-state index in [1.807, 2.05) is 25.7 Å². The molecule has 0 N–H and O–H groups in total. The van der Waals surface area contributed by atoms with Gasteiger partial charge in [0.1, 0.15) is 5.60 Å². The zero-order valence-electron chi connectivity index (χ0n) is 12.8. The lowest BCUT2D eigenvalue weighted by molar-refractivity contribution is 0.00616. The second kappa shape index (κ2) is 5.94. The van der Waals surface area contributed by atoms with Crippen LogP contribution in [0.5, 0.6) is 0 Å². The molecular weight excluding hydrogens is 226 g/mol. The standard InChI is InChI=1S/C15H29NO2/c1-11(2)9-13-7-8-16(12(3)10-13)14(17)18-15(4,5)6/h11-13H,7-10H2,1-6H3. The Morgan fingerprint density at radius 1 is 1.39 bits per heavy atom. The van der Waals surface area contributed by atoms with E-state index in [1.165, 1.54) is 6.42 Å². The first-order valence-corrected chi connectivity index (χ1v) is 7.18. The molecule has 0 aliphatic carbocycles. The van der Waals surface area contributed by atoms with E-state index in [0.29, 0.717) is 6.04 Å². The van der Waals surface area contributed by atoms with Crippen molar-refractivity contribution in [2.75, 3.05) is 6.54 Å². The lowest BCUT2D eigenvalue weighted by atomic mass is 9.85. The minimum Gasteiger partial charge on any atom is -0.444 e. The van der Waals surface area contributed by atoms with E-state index in [0.717, 1.165) is 31.2 Å². The van der Waals surface area contributed by atoms with E-state index >= 15 is 0 Å². The number of carbonyl (C=O) groups is 1. The van der Waals surface area contributed by atoms with Gasteiger partial charge in [-0.05, 0) is 58.8 Å². The molecule has 0 aromatic heterocycles. The van der Waals surface area contributed by atoms with Crippen LogP contribution in [0, 0.1) is 11.8 Å². The Bertz CT molecular complexity index is 281. The number of ether oxygens (including phenoxy) is 1. The highest BCUT2D eigenvalue weighted by Gasteiger charge is 2.31. The molecule has 1 aliphatic heterocycles. The van der Waals surface area contributed by atoms with Crippen molar-refractivity contribution in [1.82, 2.24) is 4.90 Å². The summed E-state index contributed by atoms with van der Waals surface area (Å²) in [5.74, 6) is 1.51. The van der Waals surface area contributed by atoms with E-state index in [9.17, 15) is 4.79 Å². The number of nitrogens with zero attached hydrogens (tertiary/aromatic N) is 1. The predicted octanol–water partition coefficient (Wildman–Crippen LogP) is 4.07. The molecule has 1 fully saturated rings. The number of likely N-dealkylation sites (tertiary alicyclic amines) is 1. The molecule has 1 aliphatic rings. The first-order chi connectivity index (χ1) is 8.19.